The van der Waals surface area contributed by atoms with E-state index in [2.05, 4.69) is 69.3 Å². The highest BCUT2D eigenvalue weighted by Gasteiger charge is 2.54. The van der Waals surface area contributed by atoms with Gasteiger partial charge in [-0.25, -0.2) is 0 Å². The van der Waals surface area contributed by atoms with Gasteiger partial charge in [-0.2, -0.15) is 0 Å². The Bertz CT molecular complexity index is 1420. The van der Waals surface area contributed by atoms with Gasteiger partial charge in [-0.3, -0.25) is 9.59 Å². The first-order valence-electron chi connectivity index (χ1n) is 15.3. The number of aryl methyl sites for hydroxylation is 4. The molecule has 4 nitrogen and oxygen atoms in total. The van der Waals surface area contributed by atoms with Crippen molar-refractivity contribution in [1.29, 1.82) is 0 Å². The van der Waals surface area contributed by atoms with Crippen LogP contribution in [0.1, 0.15) is 90.3 Å². The molecule has 1 atom stereocenters. The van der Waals surface area contributed by atoms with Crippen LogP contribution in [-0.4, -0.2) is 25.5 Å². The molecule has 0 saturated heterocycles. The van der Waals surface area contributed by atoms with E-state index in [-0.39, 0.29) is 5.97 Å². The van der Waals surface area contributed by atoms with Crippen LogP contribution in [0.4, 0.5) is 0 Å². The number of esters is 1. The van der Waals surface area contributed by atoms with E-state index in [9.17, 15) is 9.59 Å². The van der Waals surface area contributed by atoms with Gasteiger partial charge in [0.25, 0.3) is 0 Å². The second-order valence-electron chi connectivity index (χ2n) is 12.3. The maximum Gasteiger partial charge on any atom is 0.306 e. The highest BCUT2D eigenvalue weighted by molar-refractivity contribution is 5.78. The SMILES string of the molecule is CCC(=O)CCCOc1cc(C)c(-c2cccc(CCc3ccc4c(c3)CC3(CC3)C4CC(=O)OC)c2C)c(C)c1. The average Bonchev–Trinajstić information content (AvgIpc) is 3.67. The first-order valence-corrected chi connectivity index (χ1v) is 15.3. The lowest BCUT2D eigenvalue weighted by molar-refractivity contribution is -0.141. The molecular weight excluding hydrogens is 508 g/mol. The van der Waals surface area contributed by atoms with Crippen molar-refractivity contribution in [3.63, 3.8) is 0 Å². The lowest BCUT2D eigenvalue weighted by Gasteiger charge is -2.18. The van der Waals surface area contributed by atoms with Crippen LogP contribution in [0, 0.1) is 26.2 Å². The van der Waals surface area contributed by atoms with Gasteiger partial charge < -0.3 is 9.47 Å². The fraction of sp³-hybridized carbons (Fsp3) is 0.459. The zero-order valence-electron chi connectivity index (χ0n) is 25.4. The second kappa shape index (κ2) is 12.2. The Morgan fingerprint density at radius 1 is 0.976 bits per heavy atom. The van der Waals surface area contributed by atoms with Crippen LogP contribution in [0.2, 0.25) is 0 Å². The number of fused-ring (bicyclic) bond motifs is 1. The summed E-state index contributed by atoms with van der Waals surface area (Å²) in [6.45, 7) is 9.04. The van der Waals surface area contributed by atoms with E-state index in [0.717, 1.165) is 31.4 Å². The maximum atomic E-state index is 12.1. The summed E-state index contributed by atoms with van der Waals surface area (Å²) >= 11 is 0. The van der Waals surface area contributed by atoms with Crippen LogP contribution in [-0.2, 0) is 33.6 Å². The molecule has 2 aliphatic rings. The first kappa shape index (κ1) is 29.1. The monoisotopic (exact) mass is 552 g/mol. The van der Waals surface area contributed by atoms with Gasteiger partial charge in [0.05, 0.1) is 20.1 Å². The number of carbonyl (C=O) groups excluding carboxylic acids is 2. The Kier molecular flexibility index (Phi) is 8.68. The summed E-state index contributed by atoms with van der Waals surface area (Å²) in [6.07, 6.45) is 7.96. The van der Waals surface area contributed by atoms with Crippen molar-refractivity contribution in [2.45, 2.75) is 91.4 Å². The molecule has 0 bridgehead atoms. The number of Topliss-reactive ketones (excluding diaryl/α,β-unsaturated/α-hetero) is 1. The summed E-state index contributed by atoms with van der Waals surface area (Å²) in [5, 5.41) is 0. The van der Waals surface area contributed by atoms with Crippen molar-refractivity contribution < 1.29 is 19.1 Å². The largest absolute Gasteiger partial charge is 0.494 e. The minimum Gasteiger partial charge on any atom is -0.494 e. The Hall–Kier alpha value is -3.40. The third kappa shape index (κ3) is 6.27. The molecule has 3 aromatic carbocycles. The minimum absolute atomic E-state index is 0.0960. The molecule has 216 valence electrons. The zero-order chi connectivity index (χ0) is 29.1. The summed E-state index contributed by atoms with van der Waals surface area (Å²) in [7, 11) is 1.49. The van der Waals surface area contributed by atoms with Crippen LogP contribution in [0.5, 0.6) is 5.75 Å². The summed E-state index contributed by atoms with van der Waals surface area (Å²) in [6, 6.07) is 17.9. The van der Waals surface area contributed by atoms with Crippen molar-refractivity contribution in [1.82, 2.24) is 0 Å². The maximum absolute atomic E-state index is 12.1. The molecule has 41 heavy (non-hydrogen) atoms. The number of ether oxygens (including phenoxy) is 2. The average molecular weight is 553 g/mol. The highest BCUT2D eigenvalue weighted by Crippen LogP contribution is 2.64. The molecular formula is C37H44O4. The topological polar surface area (TPSA) is 52.6 Å². The van der Waals surface area contributed by atoms with Crippen molar-refractivity contribution in [2.24, 2.45) is 5.41 Å². The molecule has 4 heteroatoms. The zero-order valence-corrected chi connectivity index (χ0v) is 25.4. The predicted octanol–water partition coefficient (Wildman–Crippen LogP) is 8.19. The van der Waals surface area contributed by atoms with Gasteiger partial charge >= 0.3 is 5.97 Å². The van der Waals surface area contributed by atoms with Crippen LogP contribution >= 0.6 is 0 Å². The number of rotatable bonds is 12. The minimum atomic E-state index is -0.0960. The van der Waals surface area contributed by atoms with Gasteiger partial charge in [-0.15, -0.1) is 0 Å². The molecule has 2 aliphatic carbocycles. The summed E-state index contributed by atoms with van der Waals surface area (Å²) in [4.78, 5) is 23.7. The second-order valence-corrected chi connectivity index (χ2v) is 12.3. The van der Waals surface area contributed by atoms with Crippen molar-refractivity contribution in [3.8, 4) is 16.9 Å². The molecule has 0 heterocycles. The molecule has 0 aliphatic heterocycles. The number of benzene rings is 3. The third-order valence-corrected chi connectivity index (χ3v) is 9.52. The smallest absolute Gasteiger partial charge is 0.306 e. The van der Waals surface area contributed by atoms with Crippen LogP contribution in [0.25, 0.3) is 11.1 Å². The lowest BCUT2D eigenvalue weighted by Crippen LogP contribution is -2.14. The lowest BCUT2D eigenvalue weighted by atomic mass is 9.86. The Balaban J connectivity index is 1.28. The van der Waals surface area contributed by atoms with Gasteiger partial charge in [-0.05, 0) is 127 Å². The van der Waals surface area contributed by atoms with E-state index in [1.54, 1.807) is 0 Å². The quantitative estimate of drug-likeness (QED) is 0.168. The number of hydrogen-bond donors (Lipinski definition) is 0. The fourth-order valence-electron chi connectivity index (χ4n) is 6.97. The molecule has 3 aromatic rings. The Morgan fingerprint density at radius 3 is 2.41 bits per heavy atom. The van der Waals surface area contributed by atoms with Crippen molar-refractivity contribution in [3.05, 3.63) is 87.5 Å². The normalized spacial score (nSPS) is 16.5. The third-order valence-electron chi connectivity index (χ3n) is 9.52. The number of hydrogen-bond acceptors (Lipinski definition) is 4. The molecule has 0 N–H and O–H groups in total. The van der Waals surface area contributed by atoms with E-state index >= 15 is 0 Å². The van der Waals surface area contributed by atoms with E-state index in [0.29, 0.717) is 43.0 Å². The molecule has 1 saturated carbocycles. The fourth-order valence-corrected chi connectivity index (χ4v) is 6.97. The summed E-state index contributed by atoms with van der Waals surface area (Å²) in [5.41, 5.74) is 12.2. The van der Waals surface area contributed by atoms with Gasteiger partial charge in [0.2, 0.25) is 0 Å². The number of carbonyl (C=O) groups is 2. The van der Waals surface area contributed by atoms with Gasteiger partial charge in [0.1, 0.15) is 11.5 Å². The standard InChI is InChI=1S/C37H44O4/c1-6-30(38)10-8-18-41-31-19-24(2)36(25(3)20-31)32-11-7-9-28(26(32)4)14-12-27-13-15-33-29(21-27)23-37(16-17-37)34(33)22-35(39)40-5/h7,9,11,13,15,19-21,34H,6,8,10,12,14,16-18,22-23H2,1-5H3. The number of methoxy groups -OCH3 is 1. The van der Waals surface area contributed by atoms with E-state index < -0.39 is 0 Å². The van der Waals surface area contributed by atoms with Gasteiger partial charge in [0.15, 0.2) is 0 Å². The summed E-state index contributed by atoms with van der Waals surface area (Å²) < 4.78 is 11.0. The summed E-state index contributed by atoms with van der Waals surface area (Å²) in [5.74, 6) is 1.38. The molecule has 1 unspecified atom stereocenters. The molecule has 5 rings (SSSR count). The highest BCUT2D eigenvalue weighted by atomic mass is 16.5. The molecule has 1 spiro atoms. The van der Waals surface area contributed by atoms with Crippen molar-refractivity contribution in [2.75, 3.05) is 13.7 Å². The first-order chi connectivity index (χ1) is 19.7. The predicted molar refractivity (Wildman–Crippen MR) is 165 cm³/mol. The van der Waals surface area contributed by atoms with Crippen LogP contribution < -0.4 is 4.74 Å². The van der Waals surface area contributed by atoms with Crippen LogP contribution in [0.3, 0.4) is 0 Å². The van der Waals surface area contributed by atoms with Gasteiger partial charge in [0, 0.05) is 18.8 Å². The number of ketones is 1. The Morgan fingerprint density at radius 2 is 1.73 bits per heavy atom. The molecule has 0 radical (unpaired) electrons. The Labute approximate surface area is 245 Å². The molecule has 0 amide bonds. The van der Waals surface area contributed by atoms with E-state index in [4.69, 9.17) is 9.47 Å². The van der Waals surface area contributed by atoms with E-state index in [1.807, 2.05) is 6.92 Å². The molecule has 0 aromatic heterocycles. The molecule has 1 fully saturated rings. The van der Waals surface area contributed by atoms with Gasteiger partial charge in [-0.1, -0.05) is 43.3 Å². The van der Waals surface area contributed by atoms with E-state index in [1.165, 1.54) is 70.0 Å². The van der Waals surface area contributed by atoms with Crippen molar-refractivity contribution >= 4 is 11.8 Å². The van der Waals surface area contributed by atoms with Crippen LogP contribution in [0.15, 0.2) is 48.5 Å².